The van der Waals surface area contributed by atoms with Gasteiger partial charge in [0.1, 0.15) is 0 Å². The van der Waals surface area contributed by atoms with Gasteiger partial charge in [0.25, 0.3) is 5.56 Å². The lowest BCUT2D eigenvalue weighted by Crippen LogP contribution is -2.25. The van der Waals surface area contributed by atoms with E-state index in [4.69, 9.17) is 0 Å². The van der Waals surface area contributed by atoms with Crippen molar-refractivity contribution < 1.29 is 0 Å². The van der Waals surface area contributed by atoms with Crippen LogP contribution in [0.3, 0.4) is 0 Å². The normalized spacial score (nSPS) is 17.9. The standard InChI is InChI=1S/C13H19NO/c1-11-6-5-9-14(13(11)15)10-12-7-3-2-4-8-12/h5-6,9,12H,2-4,7-8,10H2,1H3. The van der Waals surface area contributed by atoms with Crippen LogP contribution in [0, 0.1) is 12.8 Å². The zero-order valence-corrected chi connectivity index (χ0v) is 9.41. The Kier molecular flexibility index (Phi) is 3.24. The van der Waals surface area contributed by atoms with Crippen LogP contribution in [0.15, 0.2) is 23.1 Å². The Morgan fingerprint density at radius 3 is 2.80 bits per heavy atom. The van der Waals surface area contributed by atoms with Gasteiger partial charge in [0, 0.05) is 18.3 Å². The molecule has 0 atom stereocenters. The second-order valence-electron chi connectivity index (χ2n) is 4.65. The predicted octanol–water partition coefficient (Wildman–Crippen LogP) is 2.74. The molecule has 0 amide bonds. The topological polar surface area (TPSA) is 22.0 Å². The van der Waals surface area contributed by atoms with Crippen molar-refractivity contribution in [1.82, 2.24) is 4.57 Å². The largest absolute Gasteiger partial charge is 0.315 e. The number of rotatable bonds is 2. The molecule has 15 heavy (non-hydrogen) atoms. The maximum atomic E-state index is 11.8. The molecule has 1 aromatic heterocycles. The highest BCUT2D eigenvalue weighted by molar-refractivity contribution is 5.07. The Labute approximate surface area is 90.9 Å². The SMILES string of the molecule is Cc1cccn(CC2CCCCC2)c1=O. The van der Waals surface area contributed by atoms with Crippen molar-refractivity contribution in [3.8, 4) is 0 Å². The monoisotopic (exact) mass is 205 g/mol. The van der Waals surface area contributed by atoms with Gasteiger partial charge in [-0.1, -0.05) is 25.3 Å². The van der Waals surface area contributed by atoms with E-state index in [9.17, 15) is 4.79 Å². The molecule has 82 valence electrons. The third-order valence-electron chi connectivity index (χ3n) is 3.39. The Bertz CT molecular complexity index is 374. The van der Waals surface area contributed by atoms with Gasteiger partial charge >= 0.3 is 0 Å². The minimum absolute atomic E-state index is 0.183. The van der Waals surface area contributed by atoms with Crippen LogP contribution in [0.25, 0.3) is 0 Å². The molecule has 1 aliphatic rings. The molecule has 1 fully saturated rings. The van der Waals surface area contributed by atoms with Crippen molar-refractivity contribution in [3.05, 3.63) is 34.2 Å². The van der Waals surface area contributed by atoms with Crippen molar-refractivity contribution >= 4 is 0 Å². The molecule has 0 radical (unpaired) electrons. The molecule has 0 saturated heterocycles. The summed E-state index contributed by atoms with van der Waals surface area (Å²) in [4.78, 5) is 11.8. The summed E-state index contributed by atoms with van der Waals surface area (Å²) in [6.07, 6.45) is 8.56. The molecule has 1 aliphatic carbocycles. The lowest BCUT2D eigenvalue weighted by molar-refractivity contribution is 0.316. The zero-order chi connectivity index (χ0) is 10.7. The van der Waals surface area contributed by atoms with E-state index in [1.807, 2.05) is 29.8 Å². The van der Waals surface area contributed by atoms with Crippen LogP contribution in [-0.4, -0.2) is 4.57 Å². The second-order valence-corrected chi connectivity index (χ2v) is 4.65. The van der Waals surface area contributed by atoms with Crippen LogP contribution in [0.4, 0.5) is 0 Å². The zero-order valence-electron chi connectivity index (χ0n) is 9.41. The first kappa shape index (κ1) is 10.5. The Balaban J connectivity index is 2.09. The Morgan fingerprint density at radius 1 is 1.33 bits per heavy atom. The Morgan fingerprint density at radius 2 is 2.07 bits per heavy atom. The molecular formula is C13H19NO. The average Bonchev–Trinajstić information content (AvgIpc) is 2.26. The predicted molar refractivity (Wildman–Crippen MR) is 62.0 cm³/mol. The van der Waals surface area contributed by atoms with E-state index in [1.54, 1.807) is 0 Å². The molecule has 0 spiro atoms. The molecule has 0 aromatic carbocycles. The summed E-state index contributed by atoms with van der Waals surface area (Å²) in [6, 6.07) is 3.86. The van der Waals surface area contributed by atoms with Gasteiger partial charge < -0.3 is 4.57 Å². The molecule has 0 bridgehead atoms. The first-order valence-electron chi connectivity index (χ1n) is 5.93. The maximum Gasteiger partial charge on any atom is 0.253 e. The molecule has 1 heterocycles. The summed E-state index contributed by atoms with van der Waals surface area (Å²) in [7, 11) is 0. The van der Waals surface area contributed by atoms with Crippen molar-refractivity contribution in [3.63, 3.8) is 0 Å². The minimum atomic E-state index is 0.183. The van der Waals surface area contributed by atoms with E-state index in [-0.39, 0.29) is 5.56 Å². The molecule has 2 heteroatoms. The van der Waals surface area contributed by atoms with Crippen molar-refractivity contribution in [1.29, 1.82) is 0 Å². The fraction of sp³-hybridized carbons (Fsp3) is 0.615. The summed E-state index contributed by atoms with van der Waals surface area (Å²) in [6.45, 7) is 2.81. The number of aromatic nitrogens is 1. The highest BCUT2D eigenvalue weighted by Crippen LogP contribution is 2.24. The van der Waals surface area contributed by atoms with E-state index in [1.165, 1.54) is 32.1 Å². The van der Waals surface area contributed by atoms with Gasteiger partial charge in [0.2, 0.25) is 0 Å². The summed E-state index contributed by atoms with van der Waals surface area (Å²) < 4.78 is 1.88. The first-order valence-corrected chi connectivity index (χ1v) is 5.93. The van der Waals surface area contributed by atoms with Gasteiger partial charge in [0.05, 0.1) is 0 Å². The average molecular weight is 205 g/mol. The quantitative estimate of drug-likeness (QED) is 0.727. The maximum absolute atomic E-state index is 11.8. The lowest BCUT2D eigenvalue weighted by atomic mass is 9.89. The number of nitrogens with zero attached hydrogens (tertiary/aromatic N) is 1. The minimum Gasteiger partial charge on any atom is -0.315 e. The third kappa shape index (κ3) is 2.49. The van der Waals surface area contributed by atoms with E-state index >= 15 is 0 Å². The van der Waals surface area contributed by atoms with Crippen LogP contribution in [0.1, 0.15) is 37.7 Å². The summed E-state index contributed by atoms with van der Waals surface area (Å²) in [5, 5.41) is 0. The molecule has 2 nitrogen and oxygen atoms in total. The number of hydrogen-bond donors (Lipinski definition) is 0. The molecule has 0 N–H and O–H groups in total. The van der Waals surface area contributed by atoms with Gasteiger partial charge in [-0.3, -0.25) is 4.79 Å². The van der Waals surface area contributed by atoms with Gasteiger partial charge in [0.15, 0.2) is 0 Å². The third-order valence-corrected chi connectivity index (χ3v) is 3.39. The second kappa shape index (κ2) is 4.65. The fourth-order valence-electron chi connectivity index (χ4n) is 2.45. The number of pyridine rings is 1. The molecule has 0 aliphatic heterocycles. The van der Waals surface area contributed by atoms with Gasteiger partial charge in [-0.2, -0.15) is 0 Å². The van der Waals surface area contributed by atoms with Crippen molar-refractivity contribution in [2.24, 2.45) is 5.92 Å². The van der Waals surface area contributed by atoms with E-state index < -0.39 is 0 Å². The van der Waals surface area contributed by atoms with E-state index in [0.717, 1.165) is 18.0 Å². The van der Waals surface area contributed by atoms with Crippen LogP contribution < -0.4 is 5.56 Å². The van der Waals surface area contributed by atoms with Crippen LogP contribution in [0.5, 0.6) is 0 Å². The van der Waals surface area contributed by atoms with E-state index in [0.29, 0.717) is 0 Å². The van der Waals surface area contributed by atoms with Crippen LogP contribution >= 0.6 is 0 Å². The first-order chi connectivity index (χ1) is 7.27. The highest BCUT2D eigenvalue weighted by Gasteiger charge is 2.14. The smallest absolute Gasteiger partial charge is 0.253 e. The van der Waals surface area contributed by atoms with Gasteiger partial charge in [-0.25, -0.2) is 0 Å². The molecular weight excluding hydrogens is 186 g/mol. The number of aryl methyl sites for hydroxylation is 1. The Hall–Kier alpha value is -1.05. The van der Waals surface area contributed by atoms with E-state index in [2.05, 4.69) is 0 Å². The summed E-state index contributed by atoms with van der Waals surface area (Å²) >= 11 is 0. The summed E-state index contributed by atoms with van der Waals surface area (Å²) in [5.41, 5.74) is 1.04. The van der Waals surface area contributed by atoms with Crippen molar-refractivity contribution in [2.75, 3.05) is 0 Å². The van der Waals surface area contributed by atoms with Crippen LogP contribution in [-0.2, 0) is 6.54 Å². The summed E-state index contributed by atoms with van der Waals surface area (Å²) in [5.74, 6) is 0.721. The highest BCUT2D eigenvalue weighted by atomic mass is 16.1. The molecule has 1 aromatic rings. The molecule has 2 rings (SSSR count). The fourth-order valence-corrected chi connectivity index (χ4v) is 2.45. The van der Waals surface area contributed by atoms with Crippen molar-refractivity contribution in [2.45, 2.75) is 45.6 Å². The lowest BCUT2D eigenvalue weighted by Gasteiger charge is -2.22. The van der Waals surface area contributed by atoms with Gasteiger partial charge in [-0.15, -0.1) is 0 Å². The number of hydrogen-bond acceptors (Lipinski definition) is 1. The van der Waals surface area contributed by atoms with Gasteiger partial charge in [-0.05, 0) is 31.7 Å². The molecule has 0 unspecified atom stereocenters. The molecule has 1 saturated carbocycles. The van der Waals surface area contributed by atoms with Crippen LogP contribution in [0.2, 0.25) is 0 Å².